The summed E-state index contributed by atoms with van der Waals surface area (Å²) >= 11 is 0. The Morgan fingerprint density at radius 1 is 1.53 bits per heavy atom. The summed E-state index contributed by atoms with van der Waals surface area (Å²) in [6.07, 6.45) is 5.82. The summed E-state index contributed by atoms with van der Waals surface area (Å²) in [7, 11) is 2.15. The molecule has 2 rings (SSSR count). The molecule has 0 aromatic carbocycles. The van der Waals surface area contributed by atoms with Crippen LogP contribution in [0.15, 0.2) is 10.7 Å². The fourth-order valence-electron chi connectivity index (χ4n) is 2.27. The van der Waals surface area contributed by atoms with Gasteiger partial charge in [-0.05, 0) is 26.4 Å². The van der Waals surface area contributed by atoms with Crippen LogP contribution in [0, 0.1) is 0 Å². The smallest absolute Gasteiger partial charge is 0.393 e. The Hall–Kier alpha value is -1.07. The highest BCUT2D eigenvalue weighted by Crippen LogP contribution is 2.17. The summed E-state index contributed by atoms with van der Waals surface area (Å²) in [5, 5.41) is 3.30. The van der Waals surface area contributed by atoms with Crippen LogP contribution in [0.4, 0.5) is 0 Å². The number of hydrogen-bond donors (Lipinski definition) is 1. The first-order valence-corrected chi connectivity index (χ1v) is 7.16. The topological polar surface area (TPSA) is 50.5 Å². The average Bonchev–Trinajstić information content (AvgIpc) is 2.83. The van der Waals surface area contributed by atoms with Crippen LogP contribution >= 0.6 is 0 Å². The van der Waals surface area contributed by atoms with Crippen LogP contribution in [-0.2, 0) is 6.54 Å². The highest BCUT2D eigenvalue weighted by molar-refractivity contribution is 4.99. The van der Waals surface area contributed by atoms with Gasteiger partial charge in [0.05, 0.1) is 5.69 Å². The van der Waals surface area contributed by atoms with Crippen LogP contribution in [0.25, 0.3) is 0 Å². The van der Waals surface area contributed by atoms with E-state index in [1.807, 2.05) is 0 Å². The third-order valence-electron chi connectivity index (χ3n) is 3.54. The number of rotatable bonds is 6. The molecule has 108 valence electrons. The molecule has 5 nitrogen and oxygen atoms in total. The number of likely N-dealkylation sites (N-methyl/N-ethyl adjacent to an activating group) is 1. The highest BCUT2D eigenvalue weighted by Gasteiger charge is 2.20. The summed E-state index contributed by atoms with van der Waals surface area (Å²) in [4.78, 5) is 6.68. The van der Waals surface area contributed by atoms with Gasteiger partial charge < -0.3 is 19.4 Å². The zero-order chi connectivity index (χ0) is 13.7. The number of piperidine rings is 1. The van der Waals surface area contributed by atoms with E-state index in [1.54, 1.807) is 6.26 Å². The lowest BCUT2D eigenvalue weighted by Crippen LogP contribution is -2.40. The van der Waals surface area contributed by atoms with Crippen LogP contribution in [-0.4, -0.2) is 42.2 Å². The Morgan fingerprint density at radius 3 is 3.11 bits per heavy atom. The second kappa shape index (κ2) is 6.91. The van der Waals surface area contributed by atoms with E-state index in [0.29, 0.717) is 31.3 Å². The number of oxazole rings is 1. The second-order valence-corrected chi connectivity index (χ2v) is 5.58. The van der Waals surface area contributed by atoms with Crippen molar-refractivity contribution < 1.29 is 9.15 Å². The fraction of sp³-hybridized carbons (Fsp3) is 0.786. The fourth-order valence-corrected chi connectivity index (χ4v) is 2.27. The summed E-state index contributed by atoms with van der Waals surface area (Å²) in [6, 6.07) is 0.926. The molecule has 1 saturated heterocycles. The largest absolute Gasteiger partial charge is 0.449 e. The molecule has 1 aliphatic rings. The van der Waals surface area contributed by atoms with Crippen molar-refractivity contribution in [3.63, 3.8) is 0 Å². The molecule has 0 radical (unpaired) electrons. The minimum absolute atomic E-state index is 0.388. The van der Waals surface area contributed by atoms with Crippen molar-refractivity contribution >= 4 is 0 Å². The van der Waals surface area contributed by atoms with E-state index in [-0.39, 0.29) is 0 Å². The molecule has 0 bridgehead atoms. The van der Waals surface area contributed by atoms with E-state index in [4.69, 9.17) is 9.15 Å². The van der Waals surface area contributed by atoms with Crippen molar-refractivity contribution in [3.8, 4) is 6.08 Å². The quantitative estimate of drug-likeness (QED) is 0.854. The minimum atomic E-state index is 0.388. The van der Waals surface area contributed by atoms with E-state index in [2.05, 4.69) is 36.1 Å². The van der Waals surface area contributed by atoms with E-state index in [9.17, 15) is 0 Å². The average molecular weight is 267 g/mol. The lowest BCUT2D eigenvalue weighted by molar-refractivity contribution is 0.106. The maximum atomic E-state index is 5.66. The van der Waals surface area contributed by atoms with Crippen molar-refractivity contribution in [1.82, 2.24) is 15.2 Å². The Balaban J connectivity index is 1.76. The molecule has 0 amide bonds. The van der Waals surface area contributed by atoms with Gasteiger partial charge in [0.15, 0.2) is 0 Å². The number of nitrogens with zero attached hydrogens (tertiary/aromatic N) is 2. The molecule has 0 aliphatic carbocycles. The summed E-state index contributed by atoms with van der Waals surface area (Å²) in [5.74, 6) is 0. The van der Waals surface area contributed by atoms with Crippen LogP contribution in [0.1, 0.15) is 38.8 Å². The van der Waals surface area contributed by atoms with Gasteiger partial charge in [-0.1, -0.05) is 20.3 Å². The predicted molar refractivity (Wildman–Crippen MR) is 74.2 cm³/mol. The molecule has 2 heterocycles. The number of hydrogen-bond acceptors (Lipinski definition) is 5. The molecular weight excluding hydrogens is 242 g/mol. The van der Waals surface area contributed by atoms with Gasteiger partial charge in [-0.25, -0.2) is 0 Å². The molecule has 1 aromatic heterocycles. The van der Waals surface area contributed by atoms with Crippen molar-refractivity contribution in [2.24, 2.45) is 0 Å². The van der Waals surface area contributed by atoms with Crippen molar-refractivity contribution in [2.45, 2.75) is 51.7 Å². The van der Waals surface area contributed by atoms with Crippen LogP contribution in [0.3, 0.4) is 0 Å². The zero-order valence-electron chi connectivity index (χ0n) is 12.2. The van der Waals surface area contributed by atoms with Crippen molar-refractivity contribution in [3.05, 3.63) is 12.0 Å². The lowest BCUT2D eigenvalue weighted by Gasteiger charge is -2.31. The molecule has 1 atom stereocenters. The third kappa shape index (κ3) is 4.51. The van der Waals surface area contributed by atoms with Crippen molar-refractivity contribution in [1.29, 1.82) is 0 Å². The molecule has 1 aromatic rings. The van der Waals surface area contributed by atoms with Crippen LogP contribution < -0.4 is 10.1 Å². The van der Waals surface area contributed by atoms with Gasteiger partial charge in [0.25, 0.3) is 0 Å². The monoisotopic (exact) mass is 267 g/mol. The molecule has 0 spiro atoms. The van der Waals surface area contributed by atoms with E-state index >= 15 is 0 Å². The second-order valence-electron chi connectivity index (χ2n) is 5.58. The van der Waals surface area contributed by atoms with Gasteiger partial charge in [-0.3, -0.25) is 0 Å². The molecule has 5 heteroatoms. The third-order valence-corrected chi connectivity index (χ3v) is 3.54. The van der Waals surface area contributed by atoms with Crippen molar-refractivity contribution in [2.75, 3.05) is 20.2 Å². The molecule has 0 saturated carbocycles. The minimum Gasteiger partial charge on any atom is -0.449 e. The van der Waals surface area contributed by atoms with Crippen LogP contribution in [0.2, 0.25) is 0 Å². The van der Waals surface area contributed by atoms with E-state index in [1.165, 1.54) is 19.3 Å². The van der Waals surface area contributed by atoms with Gasteiger partial charge in [-0.2, -0.15) is 4.98 Å². The summed E-state index contributed by atoms with van der Waals surface area (Å²) in [5.41, 5.74) is 0.890. The highest BCUT2D eigenvalue weighted by atomic mass is 16.6. The maximum absolute atomic E-state index is 5.66. The number of aromatic nitrogens is 1. The first-order chi connectivity index (χ1) is 9.15. The lowest BCUT2D eigenvalue weighted by atomic mass is 10.0. The normalized spacial score (nSPS) is 20.9. The molecule has 1 fully saturated rings. The maximum Gasteiger partial charge on any atom is 0.393 e. The summed E-state index contributed by atoms with van der Waals surface area (Å²) in [6.45, 7) is 6.75. The molecule has 1 aliphatic heterocycles. The SMILES string of the molecule is CC(C)NCc1coc(OCC2CCCCN2C)n1. The first kappa shape index (κ1) is 14.3. The number of ether oxygens (including phenoxy) is 1. The molecule has 1 unspecified atom stereocenters. The Morgan fingerprint density at radius 2 is 2.37 bits per heavy atom. The standard InChI is InChI=1S/C14H25N3O2/c1-11(2)15-8-12-9-18-14(16-12)19-10-13-6-4-5-7-17(13)3/h9,11,13,15H,4-8,10H2,1-3H3. The molecule has 1 N–H and O–H groups in total. The summed E-state index contributed by atoms with van der Waals surface area (Å²) < 4.78 is 11.0. The van der Waals surface area contributed by atoms with Gasteiger partial charge in [0, 0.05) is 18.6 Å². The Kier molecular flexibility index (Phi) is 5.22. The van der Waals surface area contributed by atoms with Crippen LogP contribution in [0.5, 0.6) is 6.08 Å². The van der Waals surface area contributed by atoms with Gasteiger partial charge >= 0.3 is 6.08 Å². The number of likely N-dealkylation sites (tertiary alicyclic amines) is 1. The molecular formula is C14H25N3O2. The van der Waals surface area contributed by atoms with Gasteiger partial charge in [0.1, 0.15) is 12.9 Å². The Labute approximate surface area is 115 Å². The predicted octanol–water partition coefficient (Wildman–Crippen LogP) is 2.04. The van der Waals surface area contributed by atoms with Gasteiger partial charge in [0.2, 0.25) is 0 Å². The van der Waals surface area contributed by atoms with E-state index < -0.39 is 0 Å². The van der Waals surface area contributed by atoms with E-state index in [0.717, 1.165) is 12.2 Å². The zero-order valence-corrected chi connectivity index (χ0v) is 12.2. The molecule has 19 heavy (non-hydrogen) atoms. The Bertz CT molecular complexity index is 379. The number of nitrogens with one attached hydrogen (secondary N) is 1. The van der Waals surface area contributed by atoms with Gasteiger partial charge in [-0.15, -0.1) is 0 Å². The first-order valence-electron chi connectivity index (χ1n) is 7.16.